The molecule has 1 N–H and O–H groups in total. The molecule has 7 nitrogen and oxygen atoms in total. The Hall–Kier alpha value is -3.35. The van der Waals surface area contributed by atoms with Gasteiger partial charge in [-0.25, -0.2) is 0 Å². The van der Waals surface area contributed by atoms with Crippen molar-refractivity contribution in [2.75, 3.05) is 49.5 Å². The lowest BCUT2D eigenvalue weighted by molar-refractivity contribution is -0.132. The van der Waals surface area contributed by atoms with Crippen molar-refractivity contribution in [1.82, 2.24) is 9.80 Å². The summed E-state index contributed by atoms with van der Waals surface area (Å²) >= 11 is 0. The van der Waals surface area contributed by atoms with Gasteiger partial charge in [0, 0.05) is 56.6 Å². The number of likely N-dealkylation sites (tertiary alicyclic amines) is 1. The number of hydrogen-bond donors (Lipinski definition) is 1. The molecule has 3 aliphatic rings. The summed E-state index contributed by atoms with van der Waals surface area (Å²) in [6.45, 7) is 6.41. The molecule has 2 aromatic rings. The summed E-state index contributed by atoms with van der Waals surface area (Å²) in [5.41, 5.74) is 3.30. The lowest BCUT2D eigenvalue weighted by Gasteiger charge is -2.31. The van der Waals surface area contributed by atoms with Crippen LogP contribution < -0.4 is 10.2 Å². The molecule has 0 aromatic heterocycles. The maximum Gasteiger partial charge on any atom is 0.256 e. The van der Waals surface area contributed by atoms with Gasteiger partial charge in [0.05, 0.1) is 11.5 Å². The number of nitrogens with zero attached hydrogens (tertiary/aromatic N) is 3. The molecule has 2 saturated heterocycles. The van der Waals surface area contributed by atoms with Crippen LogP contribution in [0, 0.1) is 5.92 Å². The van der Waals surface area contributed by atoms with Crippen molar-refractivity contribution in [2.24, 2.45) is 5.92 Å². The predicted octanol–water partition coefficient (Wildman–Crippen LogP) is 4.89. The lowest BCUT2D eigenvalue weighted by atomic mass is 9.95. The second kappa shape index (κ2) is 12.0. The number of benzene rings is 2. The van der Waals surface area contributed by atoms with Gasteiger partial charge in [-0.15, -0.1) is 0 Å². The minimum Gasteiger partial charge on any atom is -0.369 e. The molecule has 7 heteroatoms. The third kappa shape index (κ3) is 6.03. The van der Waals surface area contributed by atoms with E-state index in [2.05, 4.69) is 17.1 Å². The Morgan fingerprint density at radius 3 is 2.29 bits per heavy atom. The Morgan fingerprint density at radius 2 is 1.58 bits per heavy atom. The van der Waals surface area contributed by atoms with E-state index in [1.165, 1.54) is 0 Å². The number of carbonyl (C=O) groups excluding carboxylic acids is 3. The van der Waals surface area contributed by atoms with Gasteiger partial charge in [0.15, 0.2) is 0 Å². The Bertz CT molecular complexity index is 1140. The number of anilines is 2. The lowest BCUT2D eigenvalue weighted by Crippen LogP contribution is -2.39. The monoisotopic (exact) mass is 516 g/mol. The van der Waals surface area contributed by atoms with Crippen molar-refractivity contribution in [2.45, 2.75) is 57.8 Å². The average Bonchev–Trinajstić information content (AvgIpc) is 3.82. The summed E-state index contributed by atoms with van der Waals surface area (Å²) in [6.07, 6.45) is 6.71. The van der Waals surface area contributed by atoms with Gasteiger partial charge in [0.2, 0.25) is 11.8 Å². The smallest absolute Gasteiger partial charge is 0.256 e. The summed E-state index contributed by atoms with van der Waals surface area (Å²) in [5.74, 6) is 0.237. The van der Waals surface area contributed by atoms with Gasteiger partial charge in [0.1, 0.15) is 0 Å². The number of hydrogen-bond acceptors (Lipinski definition) is 4. The third-order valence-corrected chi connectivity index (χ3v) is 8.14. The van der Waals surface area contributed by atoms with Crippen molar-refractivity contribution in [3.05, 3.63) is 59.7 Å². The highest BCUT2D eigenvalue weighted by Crippen LogP contribution is 2.32. The molecule has 2 aromatic carbocycles. The first-order chi connectivity index (χ1) is 18.5. The van der Waals surface area contributed by atoms with Crippen LogP contribution in [0.4, 0.5) is 11.4 Å². The van der Waals surface area contributed by atoms with Crippen LogP contribution >= 0.6 is 0 Å². The van der Waals surface area contributed by atoms with E-state index >= 15 is 0 Å². The minimum atomic E-state index is -0.131. The Kier molecular flexibility index (Phi) is 8.30. The summed E-state index contributed by atoms with van der Waals surface area (Å²) in [6, 6.07) is 15.8. The van der Waals surface area contributed by atoms with Crippen molar-refractivity contribution in [1.29, 1.82) is 0 Å². The molecule has 0 radical (unpaired) electrons. The number of carbonyl (C=O) groups is 3. The SMILES string of the molecule is CCC(C(=O)N1CCCN(c2ccc(NC(=O)C3CC3)cc2C(=O)N2CCCCC2)CC1)c1ccccc1. The van der Waals surface area contributed by atoms with E-state index < -0.39 is 0 Å². The Labute approximate surface area is 226 Å². The Morgan fingerprint density at radius 1 is 0.842 bits per heavy atom. The van der Waals surface area contributed by atoms with Crippen LogP contribution in [0.15, 0.2) is 48.5 Å². The second-order valence-electron chi connectivity index (χ2n) is 10.9. The fraction of sp³-hybridized carbons (Fsp3) is 0.516. The molecule has 2 heterocycles. The highest BCUT2D eigenvalue weighted by atomic mass is 16.2. The predicted molar refractivity (Wildman–Crippen MR) is 150 cm³/mol. The molecule has 1 unspecified atom stereocenters. The van der Waals surface area contributed by atoms with Gasteiger partial charge in [0.25, 0.3) is 5.91 Å². The molecule has 5 rings (SSSR count). The van der Waals surface area contributed by atoms with Gasteiger partial charge in [-0.1, -0.05) is 37.3 Å². The first-order valence-corrected chi connectivity index (χ1v) is 14.4. The highest BCUT2D eigenvalue weighted by molar-refractivity contribution is 6.02. The summed E-state index contributed by atoms with van der Waals surface area (Å²) < 4.78 is 0. The van der Waals surface area contributed by atoms with Crippen molar-refractivity contribution < 1.29 is 14.4 Å². The summed E-state index contributed by atoms with van der Waals surface area (Å²) in [7, 11) is 0. The third-order valence-electron chi connectivity index (χ3n) is 8.14. The molecular weight excluding hydrogens is 476 g/mol. The molecule has 1 aliphatic carbocycles. The maximum absolute atomic E-state index is 13.7. The fourth-order valence-electron chi connectivity index (χ4n) is 5.76. The quantitative estimate of drug-likeness (QED) is 0.569. The van der Waals surface area contributed by atoms with E-state index in [1.54, 1.807) is 0 Å². The number of rotatable bonds is 7. The molecule has 38 heavy (non-hydrogen) atoms. The van der Waals surface area contributed by atoms with E-state index in [-0.39, 0.29) is 29.6 Å². The first-order valence-electron chi connectivity index (χ1n) is 14.4. The summed E-state index contributed by atoms with van der Waals surface area (Å²) in [4.78, 5) is 45.9. The molecule has 2 aliphatic heterocycles. The molecule has 202 valence electrons. The molecule has 3 fully saturated rings. The Balaban J connectivity index is 1.34. The summed E-state index contributed by atoms with van der Waals surface area (Å²) in [5, 5.41) is 3.02. The zero-order valence-electron chi connectivity index (χ0n) is 22.5. The zero-order chi connectivity index (χ0) is 26.5. The molecule has 0 bridgehead atoms. The molecule has 1 atom stereocenters. The topological polar surface area (TPSA) is 73.0 Å². The van der Waals surface area contributed by atoms with Gasteiger partial charge in [-0.05, 0) is 68.7 Å². The van der Waals surface area contributed by atoms with E-state index in [9.17, 15) is 14.4 Å². The van der Waals surface area contributed by atoms with Crippen LogP contribution in [0.1, 0.15) is 73.7 Å². The van der Waals surface area contributed by atoms with Gasteiger partial charge in [-0.3, -0.25) is 14.4 Å². The second-order valence-corrected chi connectivity index (χ2v) is 10.9. The molecule has 0 spiro atoms. The number of amides is 3. The van der Waals surface area contributed by atoms with Crippen molar-refractivity contribution in [3.8, 4) is 0 Å². The minimum absolute atomic E-state index is 0.0366. The van der Waals surface area contributed by atoms with Crippen LogP contribution in [0.2, 0.25) is 0 Å². The van der Waals surface area contributed by atoms with Crippen LogP contribution in [0.25, 0.3) is 0 Å². The number of nitrogens with one attached hydrogen (secondary N) is 1. The zero-order valence-corrected chi connectivity index (χ0v) is 22.5. The average molecular weight is 517 g/mol. The van der Waals surface area contributed by atoms with E-state index in [0.29, 0.717) is 30.9 Å². The van der Waals surface area contributed by atoms with Crippen LogP contribution in [0.5, 0.6) is 0 Å². The standard InChI is InChI=1S/C31H40N4O3/c1-2-26(23-10-5-3-6-11-23)30(37)35-19-9-18-33(20-21-35)28-15-14-25(32-29(36)24-12-13-24)22-27(28)31(38)34-16-7-4-8-17-34/h3,5-6,10-11,14-15,22,24,26H,2,4,7-9,12-13,16-21H2,1H3,(H,32,36). The van der Waals surface area contributed by atoms with Crippen LogP contribution in [-0.2, 0) is 9.59 Å². The first kappa shape index (κ1) is 26.3. The van der Waals surface area contributed by atoms with Gasteiger partial charge >= 0.3 is 0 Å². The maximum atomic E-state index is 13.7. The largest absolute Gasteiger partial charge is 0.369 e. The van der Waals surface area contributed by atoms with Gasteiger partial charge < -0.3 is 20.0 Å². The molecular formula is C31H40N4O3. The fourth-order valence-corrected chi connectivity index (χ4v) is 5.76. The highest BCUT2D eigenvalue weighted by Gasteiger charge is 2.31. The van der Waals surface area contributed by atoms with E-state index in [0.717, 1.165) is 75.8 Å². The number of piperidine rings is 1. The molecule has 3 amide bonds. The normalized spacial score (nSPS) is 19.0. The molecule has 1 saturated carbocycles. The van der Waals surface area contributed by atoms with Gasteiger partial charge in [-0.2, -0.15) is 0 Å². The van der Waals surface area contributed by atoms with Crippen LogP contribution in [-0.4, -0.2) is 66.8 Å². The van der Waals surface area contributed by atoms with E-state index in [4.69, 9.17) is 0 Å². The van der Waals surface area contributed by atoms with Crippen molar-refractivity contribution >= 4 is 29.1 Å². The van der Waals surface area contributed by atoms with E-state index in [1.807, 2.05) is 58.3 Å². The van der Waals surface area contributed by atoms with Crippen molar-refractivity contribution in [3.63, 3.8) is 0 Å². The van der Waals surface area contributed by atoms with Crippen LogP contribution in [0.3, 0.4) is 0 Å².